The van der Waals surface area contributed by atoms with Gasteiger partial charge in [-0.05, 0) is 31.7 Å². The molecule has 1 amide bonds. The maximum absolute atomic E-state index is 12.9. The van der Waals surface area contributed by atoms with E-state index in [0.29, 0.717) is 25.9 Å². The number of epoxide rings is 1. The molecule has 1 heterocycles. The molecular weight excluding hydrogens is 376 g/mol. The predicted molar refractivity (Wildman–Crippen MR) is 106 cm³/mol. The zero-order valence-electron chi connectivity index (χ0n) is 17.0. The molecule has 1 aromatic carbocycles. The highest BCUT2D eigenvalue weighted by Gasteiger charge is 2.51. The van der Waals surface area contributed by atoms with Crippen molar-refractivity contribution in [2.24, 2.45) is 11.7 Å². The lowest BCUT2D eigenvalue weighted by molar-refractivity contribution is -0.144. The van der Waals surface area contributed by atoms with Crippen molar-refractivity contribution in [2.45, 2.75) is 44.4 Å². The fourth-order valence-electron chi connectivity index (χ4n) is 3.13. The minimum Gasteiger partial charge on any atom is -0.464 e. The standard InChI is InChI=1S/C21H30N2O6/c1-3-28-21(26)19-18(29-19)20(25)23-13-15(10-7-11-27-2)17(24)16(22)12-14-8-5-4-6-9-14/h4-6,8-9,15-16,18-19H,3,7,10-13,22H2,1-2H3,(H,23,25)/t15-,16-,18-,19-/m0/s1. The van der Waals surface area contributed by atoms with E-state index in [1.807, 2.05) is 30.3 Å². The summed E-state index contributed by atoms with van der Waals surface area (Å²) in [5.41, 5.74) is 7.13. The van der Waals surface area contributed by atoms with Crippen LogP contribution in [0, 0.1) is 5.92 Å². The van der Waals surface area contributed by atoms with Gasteiger partial charge in [0.2, 0.25) is 0 Å². The second-order valence-electron chi connectivity index (χ2n) is 7.01. The highest BCUT2D eigenvalue weighted by molar-refractivity contribution is 5.93. The lowest BCUT2D eigenvalue weighted by atomic mass is 9.90. The monoisotopic (exact) mass is 406 g/mol. The van der Waals surface area contributed by atoms with Crippen molar-refractivity contribution in [3.63, 3.8) is 0 Å². The van der Waals surface area contributed by atoms with Gasteiger partial charge in [0.05, 0.1) is 12.6 Å². The molecular formula is C21H30N2O6. The molecule has 1 saturated heterocycles. The Bertz CT molecular complexity index is 681. The van der Waals surface area contributed by atoms with E-state index in [1.165, 1.54) is 0 Å². The fraction of sp³-hybridized carbons (Fsp3) is 0.571. The number of esters is 1. The molecule has 0 aromatic heterocycles. The van der Waals surface area contributed by atoms with Crippen LogP contribution in [0.1, 0.15) is 25.3 Å². The summed E-state index contributed by atoms with van der Waals surface area (Å²) in [6, 6.07) is 8.90. The average molecular weight is 406 g/mol. The summed E-state index contributed by atoms with van der Waals surface area (Å²) < 4.78 is 15.0. The first-order valence-electron chi connectivity index (χ1n) is 9.89. The van der Waals surface area contributed by atoms with Crippen LogP contribution in [-0.2, 0) is 35.0 Å². The van der Waals surface area contributed by atoms with Gasteiger partial charge in [0.25, 0.3) is 5.91 Å². The predicted octanol–water partition coefficient (Wildman–Crippen LogP) is 0.615. The Hall–Kier alpha value is -2.29. The van der Waals surface area contributed by atoms with Crippen molar-refractivity contribution in [3.8, 4) is 0 Å². The molecule has 8 nitrogen and oxygen atoms in total. The summed E-state index contributed by atoms with van der Waals surface area (Å²) in [6.45, 7) is 2.56. The van der Waals surface area contributed by atoms with Crippen molar-refractivity contribution in [2.75, 3.05) is 26.9 Å². The minimum atomic E-state index is -0.863. The van der Waals surface area contributed by atoms with Gasteiger partial charge in [-0.25, -0.2) is 4.79 Å². The van der Waals surface area contributed by atoms with E-state index in [2.05, 4.69) is 5.32 Å². The first-order valence-corrected chi connectivity index (χ1v) is 9.89. The number of nitrogens with one attached hydrogen (secondary N) is 1. The Balaban J connectivity index is 1.88. The average Bonchev–Trinajstić information content (AvgIpc) is 3.52. The minimum absolute atomic E-state index is 0.107. The molecule has 29 heavy (non-hydrogen) atoms. The number of methoxy groups -OCH3 is 1. The third-order valence-corrected chi connectivity index (χ3v) is 4.76. The molecule has 1 aromatic rings. The number of amides is 1. The van der Waals surface area contributed by atoms with Gasteiger partial charge >= 0.3 is 5.97 Å². The molecule has 1 fully saturated rings. The number of hydrogen-bond donors (Lipinski definition) is 2. The summed E-state index contributed by atoms with van der Waals surface area (Å²) in [5, 5.41) is 2.71. The van der Waals surface area contributed by atoms with E-state index >= 15 is 0 Å². The van der Waals surface area contributed by atoms with Crippen molar-refractivity contribution >= 4 is 17.7 Å². The SMILES string of the molecule is CCOC(=O)[C@H]1O[C@@H]1C(=O)NC[C@H](CCCOC)C(=O)[C@@H](N)Cc1ccccc1. The molecule has 0 bridgehead atoms. The molecule has 1 aliphatic rings. The zero-order chi connectivity index (χ0) is 21.2. The van der Waals surface area contributed by atoms with Gasteiger partial charge in [0, 0.05) is 26.2 Å². The number of hydrogen-bond acceptors (Lipinski definition) is 7. The van der Waals surface area contributed by atoms with Crippen molar-refractivity contribution in [1.82, 2.24) is 5.32 Å². The van der Waals surface area contributed by atoms with Crippen LogP contribution in [0.15, 0.2) is 30.3 Å². The maximum atomic E-state index is 12.9. The van der Waals surface area contributed by atoms with E-state index in [-0.39, 0.29) is 18.9 Å². The largest absolute Gasteiger partial charge is 0.464 e. The number of benzene rings is 1. The second-order valence-corrected chi connectivity index (χ2v) is 7.01. The lowest BCUT2D eigenvalue weighted by Crippen LogP contribution is -2.43. The summed E-state index contributed by atoms with van der Waals surface area (Å²) >= 11 is 0. The van der Waals surface area contributed by atoms with Crippen LogP contribution in [-0.4, -0.2) is 62.8 Å². The van der Waals surface area contributed by atoms with Crippen LogP contribution in [0.3, 0.4) is 0 Å². The second kappa shape index (κ2) is 11.6. The summed E-state index contributed by atoms with van der Waals surface area (Å²) in [7, 11) is 1.60. The maximum Gasteiger partial charge on any atom is 0.338 e. The first kappa shape index (κ1) is 23.0. The molecule has 0 saturated carbocycles. The molecule has 1 aliphatic heterocycles. The van der Waals surface area contributed by atoms with Gasteiger partial charge in [-0.3, -0.25) is 9.59 Å². The Kier molecular flexibility index (Phi) is 9.24. The number of Topliss-reactive ketones (excluding diaryl/α,β-unsaturated/α-hetero) is 1. The van der Waals surface area contributed by atoms with E-state index in [4.69, 9.17) is 19.9 Å². The van der Waals surface area contributed by atoms with Crippen LogP contribution in [0.5, 0.6) is 0 Å². The van der Waals surface area contributed by atoms with Crippen LogP contribution in [0.25, 0.3) is 0 Å². The van der Waals surface area contributed by atoms with Gasteiger partial charge in [-0.2, -0.15) is 0 Å². The Morgan fingerprint density at radius 1 is 1.21 bits per heavy atom. The Labute approximate surface area is 171 Å². The summed E-state index contributed by atoms with van der Waals surface area (Å²) in [5.74, 6) is -1.52. The normalized spacial score (nSPS) is 19.8. The topological polar surface area (TPSA) is 120 Å². The van der Waals surface area contributed by atoms with Gasteiger partial charge < -0.3 is 25.3 Å². The van der Waals surface area contributed by atoms with Gasteiger partial charge in [-0.15, -0.1) is 0 Å². The Morgan fingerprint density at radius 3 is 2.59 bits per heavy atom. The van der Waals surface area contributed by atoms with E-state index in [0.717, 1.165) is 5.56 Å². The summed E-state index contributed by atoms with van der Waals surface area (Å²) in [6.07, 6.45) is -0.0702. The molecule has 0 unspecified atom stereocenters. The van der Waals surface area contributed by atoms with Crippen LogP contribution in [0.4, 0.5) is 0 Å². The van der Waals surface area contributed by atoms with Gasteiger partial charge in [-0.1, -0.05) is 30.3 Å². The smallest absolute Gasteiger partial charge is 0.338 e. The first-order chi connectivity index (χ1) is 14.0. The fourth-order valence-corrected chi connectivity index (χ4v) is 3.13. The lowest BCUT2D eigenvalue weighted by Gasteiger charge is -2.20. The zero-order valence-corrected chi connectivity index (χ0v) is 17.0. The number of ketones is 1. The molecule has 8 heteroatoms. The highest BCUT2D eigenvalue weighted by Crippen LogP contribution is 2.23. The van der Waals surface area contributed by atoms with Gasteiger partial charge in [0.1, 0.15) is 0 Å². The van der Waals surface area contributed by atoms with E-state index in [1.54, 1.807) is 14.0 Å². The molecule has 160 valence electrons. The van der Waals surface area contributed by atoms with Crippen molar-refractivity contribution < 1.29 is 28.6 Å². The molecule has 0 radical (unpaired) electrons. The van der Waals surface area contributed by atoms with Crippen LogP contribution >= 0.6 is 0 Å². The molecule has 4 atom stereocenters. The van der Waals surface area contributed by atoms with Crippen LogP contribution in [0.2, 0.25) is 0 Å². The third-order valence-electron chi connectivity index (χ3n) is 4.76. The highest BCUT2D eigenvalue weighted by atomic mass is 16.6. The number of rotatable bonds is 13. The molecule has 0 spiro atoms. The van der Waals surface area contributed by atoms with Crippen molar-refractivity contribution in [3.05, 3.63) is 35.9 Å². The molecule has 0 aliphatic carbocycles. The Morgan fingerprint density at radius 2 is 1.93 bits per heavy atom. The number of nitrogens with two attached hydrogens (primary N) is 1. The summed E-state index contributed by atoms with van der Waals surface area (Å²) in [4.78, 5) is 36.7. The quantitative estimate of drug-likeness (QED) is 0.280. The van der Waals surface area contributed by atoms with E-state index < -0.39 is 36.0 Å². The van der Waals surface area contributed by atoms with Gasteiger partial charge in [0.15, 0.2) is 18.0 Å². The number of carbonyl (C=O) groups is 3. The molecule has 2 rings (SSSR count). The van der Waals surface area contributed by atoms with Crippen molar-refractivity contribution in [1.29, 1.82) is 0 Å². The number of ether oxygens (including phenoxy) is 3. The van der Waals surface area contributed by atoms with Crippen LogP contribution < -0.4 is 11.1 Å². The third kappa shape index (κ3) is 7.23. The molecule has 3 N–H and O–H groups in total. The van der Waals surface area contributed by atoms with E-state index in [9.17, 15) is 14.4 Å². The number of carbonyl (C=O) groups excluding carboxylic acids is 3.